The van der Waals surface area contributed by atoms with Gasteiger partial charge in [-0.1, -0.05) is 30.3 Å². The summed E-state index contributed by atoms with van der Waals surface area (Å²) in [5, 5.41) is 10.7. The lowest BCUT2D eigenvalue weighted by molar-refractivity contribution is 0.0192. The lowest BCUT2D eigenvalue weighted by atomic mass is 10.2. The van der Waals surface area contributed by atoms with Crippen LogP contribution in [0.5, 0.6) is 5.75 Å². The van der Waals surface area contributed by atoms with Gasteiger partial charge >= 0.3 is 0 Å². The van der Waals surface area contributed by atoms with Crippen molar-refractivity contribution in [2.75, 3.05) is 13.7 Å². The molecule has 0 bridgehead atoms. The largest absolute Gasteiger partial charge is 0.496 e. The number of rotatable bonds is 7. The van der Waals surface area contributed by atoms with Gasteiger partial charge in [0.25, 0.3) is 5.56 Å². The zero-order valence-corrected chi connectivity index (χ0v) is 14.0. The van der Waals surface area contributed by atoms with Crippen molar-refractivity contribution in [2.24, 2.45) is 0 Å². The number of aromatic nitrogens is 2. The Hall–Kier alpha value is -2.70. The summed E-state index contributed by atoms with van der Waals surface area (Å²) < 4.78 is 12.2. The van der Waals surface area contributed by atoms with Crippen LogP contribution in [0.1, 0.15) is 5.56 Å². The molecule has 130 valence electrons. The summed E-state index contributed by atoms with van der Waals surface area (Å²) in [5.74, 6) is 0.743. The highest BCUT2D eigenvalue weighted by Gasteiger charge is 2.10. The van der Waals surface area contributed by atoms with Crippen molar-refractivity contribution in [1.29, 1.82) is 0 Å². The molecule has 1 N–H and O–H groups in total. The van der Waals surface area contributed by atoms with Crippen LogP contribution in [0, 0.1) is 0 Å². The number of aliphatic hydroxyl groups is 1. The average molecular weight is 340 g/mol. The van der Waals surface area contributed by atoms with Crippen LogP contribution in [0.25, 0.3) is 10.9 Å². The standard InChI is InChI=1S/C19H20N2O4/c1-24-18-9-5-2-6-14(18)11-25-12-15(22)10-21-13-20-17-8-4-3-7-16(17)19(21)23/h2-9,13,15,22H,10-12H2,1H3. The third kappa shape index (κ3) is 4.04. The minimum absolute atomic E-state index is 0.108. The van der Waals surface area contributed by atoms with Gasteiger partial charge in [0.2, 0.25) is 0 Å². The molecule has 0 saturated carbocycles. The van der Waals surface area contributed by atoms with E-state index in [1.165, 1.54) is 10.9 Å². The number of benzene rings is 2. The van der Waals surface area contributed by atoms with Crippen molar-refractivity contribution in [3.8, 4) is 5.75 Å². The van der Waals surface area contributed by atoms with E-state index in [1.54, 1.807) is 25.3 Å². The molecule has 0 radical (unpaired) electrons. The summed E-state index contributed by atoms with van der Waals surface area (Å²) in [5.41, 5.74) is 1.38. The summed E-state index contributed by atoms with van der Waals surface area (Å²) in [4.78, 5) is 16.6. The van der Waals surface area contributed by atoms with Gasteiger partial charge in [0.15, 0.2) is 0 Å². The summed E-state index contributed by atoms with van der Waals surface area (Å²) in [6.07, 6.45) is 0.643. The molecule has 1 unspecified atom stereocenters. The van der Waals surface area contributed by atoms with Crippen molar-refractivity contribution in [1.82, 2.24) is 9.55 Å². The Morgan fingerprint density at radius 3 is 2.76 bits per heavy atom. The minimum atomic E-state index is -0.810. The average Bonchev–Trinajstić information content (AvgIpc) is 2.64. The fourth-order valence-corrected chi connectivity index (χ4v) is 2.64. The van der Waals surface area contributed by atoms with E-state index >= 15 is 0 Å². The van der Waals surface area contributed by atoms with Gasteiger partial charge in [-0.15, -0.1) is 0 Å². The van der Waals surface area contributed by atoms with Gasteiger partial charge in [-0.2, -0.15) is 0 Å². The summed E-state index contributed by atoms with van der Waals surface area (Å²) in [6.45, 7) is 0.561. The van der Waals surface area contributed by atoms with E-state index in [4.69, 9.17) is 9.47 Å². The maximum Gasteiger partial charge on any atom is 0.261 e. The predicted octanol–water partition coefficient (Wildman–Crippen LogP) is 1.98. The number of fused-ring (bicyclic) bond motifs is 1. The van der Waals surface area contributed by atoms with Gasteiger partial charge in [0, 0.05) is 5.56 Å². The Morgan fingerprint density at radius 1 is 1.16 bits per heavy atom. The molecule has 0 saturated heterocycles. The number of nitrogens with zero attached hydrogens (tertiary/aromatic N) is 2. The molecule has 1 heterocycles. The predicted molar refractivity (Wildman–Crippen MR) is 94.7 cm³/mol. The quantitative estimate of drug-likeness (QED) is 0.712. The normalized spacial score (nSPS) is 12.2. The van der Waals surface area contributed by atoms with Gasteiger partial charge in [-0.05, 0) is 18.2 Å². The molecule has 0 spiro atoms. The highest BCUT2D eigenvalue weighted by Crippen LogP contribution is 2.18. The Morgan fingerprint density at radius 2 is 1.92 bits per heavy atom. The van der Waals surface area contributed by atoms with E-state index in [9.17, 15) is 9.90 Å². The molecule has 1 aromatic heterocycles. The number of hydrogen-bond donors (Lipinski definition) is 1. The van der Waals surface area contributed by atoms with E-state index in [2.05, 4.69) is 4.98 Å². The summed E-state index contributed by atoms with van der Waals surface area (Å²) >= 11 is 0. The second kappa shape index (κ2) is 7.92. The highest BCUT2D eigenvalue weighted by atomic mass is 16.5. The fraction of sp³-hybridized carbons (Fsp3) is 0.263. The van der Waals surface area contributed by atoms with Crippen LogP contribution in [-0.4, -0.2) is 34.5 Å². The van der Waals surface area contributed by atoms with E-state index in [0.717, 1.165) is 11.3 Å². The first kappa shape index (κ1) is 17.1. The Bertz CT molecular complexity index is 907. The number of aliphatic hydroxyl groups excluding tert-OH is 1. The van der Waals surface area contributed by atoms with Crippen LogP contribution in [0.2, 0.25) is 0 Å². The Labute approximate surface area is 145 Å². The number of methoxy groups -OCH3 is 1. The fourth-order valence-electron chi connectivity index (χ4n) is 2.64. The summed E-state index contributed by atoms with van der Waals surface area (Å²) in [6, 6.07) is 14.7. The molecule has 0 aliphatic rings. The number of hydrogen-bond acceptors (Lipinski definition) is 5. The zero-order chi connectivity index (χ0) is 17.6. The third-order valence-electron chi connectivity index (χ3n) is 3.90. The molecule has 0 aliphatic heterocycles. The molecule has 0 fully saturated rings. The second-order valence-electron chi connectivity index (χ2n) is 5.70. The lowest BCUT2D eigenvalue weighted by Crippen LogP contribution is -2.29. The zero-order valence-electron chi connectivity index (χ0n) is 14.0. The SMILES string of the molecule is COc1ccccc1COCC(O)Cn1cnc2ccccc2c1=O. The summed E-state index contributed by atoms with van der Waals surface area (Å²) in [7, 11) is 1.60. The topological polar surface area (TPSA) is 73.6 Å². The van der Waals surface area contributed by atoms with E-state index in [1.807, 2.05) is 30.3 Å². The van der Waals surface area contributed by atoms with Gasteiger partial charge in [0.05, 0.1) is 50.2 Å². The number of para-hydroxylation sites is 2. The monoisotopic (exact) mass is 340 g/mol. The van der Waals surface area contributed by atoms with E-state index < -0.39 is 6.10 Å². The molecular weight excluding hydrogens is 320 g/mol. The van der Waals surface area contributed by atoms with Crippen molar-refractivity contribution in [3.05, 3.63) is 70.8 Å². The van der Waals surface area contributed by atoms with Crippen LogP contribution >= 0.6 is 0 Å². The number of ether oxygens (including phenoxy) is 2. The minimum Gasteiger partial charge on any atom is -0.496 e. The van der Waals surface area contributed by atoms with Gasteiger partial charge in [-0.25, -0.2) is 4.98 Å². The molecule has 0 aliphatic carbocycles. The van der Waals surface area contributed by atoms with Crippen molar-refractivity contribution in [2.45, 2.75) is 19.3 Å². The van der Waals surface area contributed by atoms with Gasteiger partial charge < -0.3 is 14.6 Å². The highest BCUT2D eigenvalue weighted by molar-refractivity contribution is 5.76. The Kier molecular flexibility index (Phi) is 5.42. The maximum absolute atomic E-state index is 12.4. The molecule has 3 aromatic rings. The molecular formula is C19H20N2O4. The van der Waals surface area contributed by atoms with E-state index in [-0.39, 0.29) is 18.7 Å². The first-order chi connectivity index (χ1) is 12.2. The molecule has 3 rings (SSSR count). The molecule has 6 heteroatoms. The lowest BCUT2D eigenvalue weighted by Gasteiger charge is -2.14. The molecule has 2 aromatic carbocycles. The van der Waals surface area contributed by atoms with Crippen LogP contribution in [0.15, 0.2) is 59.7 Å². The third-order valence-corrected chi connectivity index (χ3v) is 3.90. The maximum atomic E-state index is 12.4. The molecule has 1 atom stereocenters. The first-order valence-electron chi connectivity index (χ1n) is 8.01. The van der Waals surface area contributed by atoms with Crippen molar-refractivity contribution < 1.29 is 14.6 Å². The van der Waals surface area contributed by atoms with Crippen LogP contribution in [-0.2, 0) is 17.9 Å². The second-order valence-corrected chi connectivity index (χ2v) is 5.70. The van der Waals surface area contributed by atoms with Gasteiger partial charge in [0.1, 0.15) is 5.75 Å². The van der Waals surface area contributed by atoms with Crippen molar-refractivity contribution >= 4 is 10.9 Å². The molecule has 25 heavy (non-hydrogen) atoms. The van der Waals surface area contributed by atoms with E-state index in [0.29, 0.717) is 17.5 Å². The molecule has 6 nitrogen and oxygen atoms in total. The smallest absolute Gasteiger partial charge is 0.261 e. The van der Waals surface area contributed by atoms with Crippen LogP contribution in [0.4, 0.5) is 0 Å². The first-order valence-corrected chi connectivity index (χ1v) is 8.01. The van der Waals surface area contributed by atoms with Crippen LogP contribution < -0.4 is 10.3 Å². The van der Waals surface area contributed by atoms with Gasteiger partial charge in [-0.3, -0.25) is 9.36 Å². The molecule has 0 amide bonds. The van der Waals surface area contributed by atoms with Crippen molar-refractivity contribution in [3.63, 3.8) is 0 Å². The van der Waals surface area contributed by atoms with Crippen LogP contribution in [0.3, 0.4) is 0 Å². The Balaban J connectivity index is 1.60.